The van der Waals surface area contributed by atoms with Crippen LogP contribution in [0.3, 0.4) is 0 Å². The van der Waals surface area contributed by atoms with Gasteiger partial charge in [-0.15, -0.1) is 0 Å². The largest absolute Gasteiger partial charge is 0.493 e. The molecule has 2 rings (SSSR count). The molecule has 5 nitrogen and oxygen atoms in total. The molecule has 20 heavy (non-hydrogen) atoms. The molecule has 0 aliphatic heterocycles. The van der Waals surface area contributed by atoms with Crippen LogP contribution in [0.4, 0.5) is 0 Å². The van der Waals surface area contributed by atoms with E-state index in [1.165, 1.54) is 12.3 Å². The van der Waals surface area contributed by atoms with E-state index in [4.69, 9.17) is 10.00 Å². The van der Waals surface area contributed by atoms with Gasteiger partial charge in [0.25, 0.3) is 5.56 Å². The van der Waals surface area contributed by atoms with Crippen molar-refractivity contribution in [3.63, 3.8) is 0 Å². The molecule has 1 unspecified atom stereocenters. The molecular formula is C15H15N3O2. The number of nitrogens with one attached hydrogen (secondary N) is 1. The molecule has 1 N–H and O–H groups in total. The van der Waals surface area contributed by atoms with Gasteiger partial charge in [-0.05, 0) is 12.1 Å². The smallest absolute Gasteiger partial charge is 0.251 e. The van der Waals surface area contributed by atoms with E-state index in [0.29, 0.717) is 24.6 Å². The fourth-order valence-corrected chi connectivity index (χ4v) is 1.74. The monoisotopic (exact) mass is 269 g/mol. The van der Waals surface area contributed by atoms with Crippen LogP contribution in [0.5, 0.6) is 5.75 Å². The summed E-state index contributed by atoms with van der Waals surface area (Å²) in [5.41, 5.74) is 0.525. The highest BCUT2D eigenvalue weighted by atomic mass is 16.5. The maximum Gasteiger partial charge on any atom is 0.251 e. The van der Waals surface area contributed by atoms with E-state index < -0.39 is 0 Å². The summed E-state index contributed by atoms with van der Waals surface area (Å²) in [7, 11) is 0. The molecular weight excluding hydrogens is 254 g/mol. The zero-order chi connectivity index (χ0) is 14.4. The number of rotatable bonds is 5. The first-order valence-electron chi connectivity index (χ1n) is 6.35. The molecule has 0 saturated carbocycles. The lowest BCUT2D eigenvalue weighted by Crippen LogP contribution is -2.10. The number of hydrogen-bond donors (Lipinski definition) is 1. The predicted octanol–water partition coefficient (Wildman–Crippen LogP) is 2.37. The Bertz CT molecular complexity index is 673. The third kappa shape index (κ3) is 3.45. The summed E-state index contributed by atoms with van der Waals surface area (Å²) in [4.78, 5) is 18.2. The van der Waals surface area contributed by atoms with Crippen LogP contribution in [-0.2, 0) is 0 Å². The van der Waals surface area contributed by atoms with E-state index in [1.54, 1.807) is 0 Å². The minimum Gasteiger partial charge on any atom is -0.493 e. The normalized spacial score (nSPS) is 11.6. The van der Waals surface area contributed by atoms with Crippen molar-refractivity contribution >= 4 is 0 Å². The summed E-state index contributed by atoms with van der Waals surface area (Å²) in [6.45, 7) is 2.40. The highest BCUT2D eigenvalue weighted by Gasteiger charge is 2.09. The van der Waals surface area contributed by atoms with Gasteiger partial charge in [0.15, 0.2) is 0 Å². The summed E-state index contributed by atoms with van der Waals surface area (Å²) in [5, 5.41) is 8.64. The minimum atomic E-state index is -0.206. The standard InChI is InChI=1S/C15H15N3O2/c1-11(6-8-16)10-20-13-5-3-2-4-12(13)15-17-9-7-14(19)18-15/h2-5,7,9,11H,6,10H2,1H3,(H,17,18,19). The number of aromatic amines is 1. The Morgan fingerprint density at radius 1 is 1.40 bits per heavy atom. The van der Waals surface area contributed by atoms with Crippen molar-refractivity contribution in [3.8, 4) is 23.2 Å². The summed E-state index contributed by atoms with van der Waals surface area (Å²) in [6.07, 6.45) is 1.91. The predicted molar refractivity (Wildman–Crippen MR) is 75.2 cm³/mol. The molecule has 0 radical (unpaired) electrons. The average Bonchev–Trinajstić information content (AvgIpc) is 2.46. The van der Waals surface area contributed by atoms with Gasteiger partial charge in [0.1, 0.15) is 11.6 Å². The molecule has 0 aliphatic rings. The Hall–Kier alpha value is -2.61. The number of benzene rings is 1. The molecule has 1 aromatic heterocycles. The first-order valence-corrected chi connectivity index (χ1v) is 6.35. The zero-order valence-corrected chi connectivity index (χ0v) is 11.2. The van der Waals surface area contributed by atoms with Crippen LogP contribution in [-0.4, -0.2) is 16.6 Å². The van der Waals surface area contributed by atoms with Crippen LogP contribution >= 0.6 is 0 Å². The lowest BCUT2D eigenvalue weighted by Gasteiger charge is -2.13. The molecule has 0 spiro atoms. The van der Waals surface area contributed by atoms with Gasteiger partial charge in [0.05, 0.1) is 18.2 Å². The highest BCUT2D eigenvalue weighted by molar-refractivity contribution is 5.63. The van der Waals surface area contributed by atoms with Crippen molar-refractivity contribution in [2.45, 2.75) is 13.3 Å². The van der Waals surface area contributed by atoms with Crippen LogP contribution in [0, 0.1) is 17.2 Å². The first-order chi connectivity index (χ1) is 9.70. The van der Waals surface area contributed by atoms with Crippen LogP contribution in [0.1, 0.15) is 13.3 Å². The topological polar surface area (TPSA) is 78.8 Å². The molecule has 5 heteroatoms. The van der Waals surface area contributed by atoms with E-state index in [1.807, 2.05) is 31.2 Å². The average molecular weight is 269 g/mol. The van der Waals surface area contributed by atoms with Gasteiger partial charge in [-0.25, -0.2) is 4.98 Å². The molecule has 0 fully saturated rings. The fourth-order valence-electron chi connectivity index (χ4n) is 1.74. The number of nitrogens with zero attached hydrogens (tertiary/aromatic N) is 2. The van der Waals surface area contributed by atoms with Gasteiger partial charge in [-0.2, -0.15) is 5.26 Å². The lowest BCUT2D eigenvalue weighted by atomic mass is 10.1. The number of nitriles is 1. The van der Waals surface area contributed by atoms with Crippen molar-refractivity contribution < 1.29 is 4.74 Å². The second-order valence-corrected chi connectivity index (χ2v) is 4.56. The lowest BCUT2D eigenvalue weighted by molar-refractivity contribution is 0.263. The Morgan fingerprint density at radius 2 is 2.20 bits per heavy atom. The Balaban J connectivity index is 2.23. The van der Waals surface area contributed by atoms with E-state index in [9.17, 15) is 4.79 Å². The molecule has 0 bridgehead atoms. The van der Waals surface area contributed by atoms with Gasteiger partial charge in [-0.3, -0.25) is 4.79 Å². The summed E-state index contributed by atoms with van der Waals surface area (Å²) in [6, 6.07) is 10.8. The third-order valence-corrected chi connectivity index (χ3v) is 2.78. The van der Waals surface area contributed by atoms with E-state index in [2.05, 4.69) is 16.0 Å². The third-order valence-electron chi connectivity index (χ3n) is 2.78. The van der Waals surface area contributed by atoms with Gasteiger partial charge >= 0.3 is 0 Å². The number of hydrogen-bond acceptors (Lipinski definition) is 4. The molecule has 1 atom stereocenters. The first kappa shape index (κ1) is 13.8. The number of aromatic nitrogens is 2. The number of ether oxygens (including phenoxy) is 1. The van der Waals surface area contributed by atoms with Gasteiger partial charge < -0.3 is 9.72 Å². The summed E-state index contributed by atoms with van der Waals surface area (Å²) >= 11 is 0. The maximum atomic E-state index is 11.4. The number of H-pyrrole nitrogens is 1. The molecule has 1 heterocycles. The van der Waals surface area contributed by atoms with Gasteiger partial charge in [0.2, 0.25) is 0 Å². The second-order valence-electron chi connectivity index (χ2n) is 4.56. The van der Waals surface area contributed by atoms with Crippen LogP contribution in [0.25, 0.3) is 11.4 Å². The fraction of sp³-hybridized carbons (Fsp3) is 0.267. The molecule has 2 aromatic rings. The van der Waals surface area contributed by atoms with Crippen molar-refractivity contribution in [2.75, 3.05) is 6.61 Å². The van der Waals surface area contributed by atoms with Gasteiger partial charge in [0, 0.05) is 24.6 Å². The number of para-hydroxylation sites is 1. The van der Waals surface area contributed by atoms with Crippen molar-refractivity contribution in [2.24, 2.45) is 5.92 Å². The van der Waals surface area contributed by atoms with Gasteiger partial charge in [-0.1, -0.05) is 19.1 Å². The van der Waals surface area contributed by atoms with Crippen LogP contribution < -0.4 is 10.3 Å². The Morgan fingerprint density at radius 3 is 2.95 bits per heavy atom. The maximum absolute atomic E-state index is 11.4. The quantitative estimate of drug-likeness (QED) is 0.903. The summed E-state index contributed by atoms with van der Waals surface area (Å²) in [5.74, 6) is 1.27. The molecule has 0 amide bonds. The Kier molecular flexibility index (Phi) is 4.51. The molecule has 102 valence electrons. The van der Waals surface area contributed by atoms with Crippen molar-refractivity contribution in [1.82, 2.24) is 9.97 Å². The Labute approximate surface area is 116 Å². The minimum absolute atomic E-state index is 0.149. The highest BCUT2D eigenvalue weighted by Crippen LogP contribution is 2.26. The van der Waals surface area contributed by atoms with Crippen LogP contribution in [0.15, 0.2) is 41.3 Å². The molecule has 0 saturated heterocycles. The molecule has 0 aliphatic carbocycles. The summed E-state index contributed by atoms with van der Waals surface area (Å²) < 4.78 is 5.73. The van der Waals surface area contributed by atoms with Crippen molar-refractivity contribution in [1.29, 1.82) is 5.26 Å². The van der Waals surface area contributed by atoms with Crippen LogP contribution in [0.2, 0.25) is 0 Å². The van der Waals surface area contributed by atoms with E-state index in [-0.39, 0.29) is 11.5 Å². The van der Waals surface area contributed by atoms with Crippen molar-refractivity contribution in [3.05, 3.63) is 46.9 Å². The molecule has 1 aromatic carbocycles. The second kappa shape index (κ2) is 6.53. The SMILES string of the molecule is CC(CC#N)COc1ccccc1-c1nccc(=O)[nH]1. The zero-order valence-electron chi connectivity index (χ0n) is 11.2. The van der Waals surface area contributed by atoms with E-state index >= 15 is 0 Å². The van der Waals surface area contributed by atoms with E-state index in [0.717, 1.165) is 5.56 Å².